The van der Waals surface area contributed by atoms with Crippen molar-refractivity contribution in [2.24, 2.45) is 11.8 Å². The summed E-state index contributed by atoms with van der Waals surface area (Å²) in [6, 6.07) is 23.6. The zero-order valence-electron chi connectivity index (χ0n) is 26.8. The second kappa shape index (κ2) is 12.8. The Morgan fingerprint density at radius 2 is 1.51 bits per heavy atom. The van der Waals surface area contributed by atoms with Crippen molar-refractivity contribution in [3.8, 4) is 5.75 Å². The van der Waals surface area contributed by atoms with E-state index in [0.29, 0.717) is 35.5 Å². The highest BCUT2D eigenvalue weighted by atomic mass is 16.5. The lowest BCUT2D eigenvalue weighted by molar-refractivity contribution is -0.148. The summed E-state index contributed by atoms with van der Waals surface area (Å²) < 4.78 is 12.3. The number of ether oxygens (including phenoxy) is 2. The Morgan fingerprint density at radius 1 is 0.936 bits per heavy atom. The van der Waals surface area contributed by atoms with Crippen LogP contribution in [0.4, 0.5) is 11.4 Å². The number of aliphatic hydroxyl groups excluding tert-OH is 1. The lowest BCUT2D eigenvalue weighted by Gasteiger charge is -2.39. The van der Waals surface area contributed by atoms with Gasteiger partial charge < -0.3 is 29.3 Å². The summed E-state index contributed by atoms with van der Waals surface area (Å²) in [5.41, 5.74) is -0.328. The average molecular weight is 636 g/mol. The van der Waals surface area contributed by atoms with Crippen molar-refractivity contribution in [3.05, 3.63) is 116 Å². The lowest BCUT2D eigenvalue weighted by Crippen LogP contribution is -2.57. The molecule has 1 spiro atoms. The fourth-order valence-electron chi connectivity index (χ4n) is 7.97. The van der Waals surface area contributed by atoms with Crippen LogP contribution in [0.1, 0.15) is 31.4 Å². The number of aliphatic hydroxyl groups is 1. The molecule has 3 heterocycles. The minimum Gasteiger partial charge on any atom is -0.497 e. The zero-order chi connectivity index (χ0) is 33.3. The maximum Gasteiger partial charge on any atom is 0.253 e. The highest BCUT2D eigenvalue weighted by Gasteiger charge is 2.79. The summed E-state index contributed by atoms with van der Waals surface area (Å²) in [7, 11) is 1.57. The molecule has 0 saturated carbocycles. The highest BCUT2D eigenvalue weighted by molar-refractivity contribution is 6.07. The number of hydrogen-bond donors (Lipinski definition) is 1. The molecule has 9 nitrogen and oxygen atoms in total. The Hall–Kier alpha value is -4.73. The standard InChI is InChI=1S/C38H41N3O6/c1-5-23-39(27-15-11-8-12-16-27)34(43)31-32-35(44)41(30(25-42)26-13-9-7-10-14-26)33(38(32)22-21-37(31,3)47-38)36(45)40(24-6-2)28-17-19-29(46-4)20-18-28/h5-20,30-33,42H,1-2,21-25H2,3-4H3/t30-,31-,32+,33?,37+,38?/m1/s1. The molecule has 0 aliphatic carbocycles. The number of benzene rings is 3. The fourth-order valence-corrected chi connectivity index (χ4v) is 7.97. The molecule has 3 fully saturated rings. The van der Waals surface area contributed by atoms with Gasteiger partial charge in [-0.1, -0.05) is 60.7 Å². The van der Waals surface area contributed by atoms with Gasteiger partial charge in [0.25, 0.3) is 5.91 Å². The van der Waals surface area contributed by atoms with E-state index in [4.69, 9.17) is 9.47 Å². The molecule has 244 valence electrons. The van der Waals surface area contributed by atoms with E-state index in [2.05, 4.69) is 13.2 Å². The van der Waals surface area contributed by atoms with Gasteiger partial charge in [0.05, 0.1) is 37.2 Å². The topological polar surface area (TPSA) is 99.6 Å². The van der Waals surface area contributed by atoms with Gasteiger partial charge in [0.1, 0.15) is 17.4 Å². The molecule has 3 aliphatic heterocycles. The number of amides is 3. The van der Waals surface area contributed by atoms with Crippen LogP contribution in [0.2, 0.25) is 0 Å². The number of anilines is 2. The number of fused-ring (bicyclic) bond motifs is 1. The number of rotatable bonds is 12. The first-order valence-electron chi connectivity index (χ1n) is 16.0. The predicted octanol–water partition coefficient (Wildman–Crippen LogP) is 4.93. The van der Waals surface area contributed by atoms with Gasteiger partial charge in [0.15, 0.2) is 0 Å². The molecule has 3 amide bonds. The van der Waals surface area contributed by atoms with Crippen LogP contribution < -0.4 is 14.5 Å². The van der Waals surface area contributed by atoms with E-state index in [9.17, 15) is 14.7 Å². The molecule has 47 heavy (non-hydrogen) atoms. The SMILES string of the molecule is C=CCN(C(=O)C1N([C@H](CO)c2ccccc2)C(=O)[C@@H]2[C@H](C(=O)N(CC=C)c3ccccc3)[C@]3(C)CCC12O3)c1ccc(OC)cc1. The maximum atomic E-state index is 15.0. The van der Waals surface area contributed by atoms with E-state index in [-0.39, 0.29) is 30.8 Å². The Labute approximate surface area is 275 Å². The first kappa shape index (κ1) is 32.2. The van der Waals surface area contributed by atoms with Crippen molar-refractivity contribution in [3.63, 3.8) is 0 Å². The largest absolute Gasteiger partial charge is 0.497 e. The van der Waals surface area contributed by atoms with Gasteiger partial charge in [0, 0.05) is 24.5 Å². The number of hydrogen-bond acceptors (Lipinski definition) is 6. The third-order valence-corrected chi connectivity index (χ3v) is 10.0. The summed E-state index contributed by atoms with van der Waals surface area (Å²) in [6.07, 6.45) is 4.18. The molecule has 1 N–H and O–H groups in total. The Morgan fingerprint density at radius 3 is 2.09 bits per heavy atom. The second-order valence-electron chi connectivity index (χ2n) is 12.6. The molecule has 0 radical (unpaired) electrons. The molecule has 3 saturated heterocycles. The first-order chi connectivity index (χ1) is 22.7. The summed E-state index contributed by atoms with van der Waals surface area (Å²) in [4.78, 5) is 49.4. The van der Waals surface area contributed by atoms with Crippen LogP contribution in [-0.4, -0.2) is 71.8 Å². The molecule has 0 aromatic heterocycles. The van der Waals surface area contributed by atoms with Crippen LogP contribution in [0, 0.1) is 11.8 Å². The van der Waals surface area contributed by atoms with E-state index in [1.807, 2.05) is 67.6 Å². The average Bonchev–Trinajstić information content (AvgIpc) is 3.67. The Bertz CT molecular complexity index is 1650. The van der Waals surface area contributed by atoms with Crippen LogP contribution >= 0.6 is 0 Å². The normalized spacial score (nSPS) is 26.4. The Kier molecular flexibility index (Phi) is 8.78. The molecular formula is C38H41N3O6. The summed E-state index contributed by atoms with van der Waals surface area (Å²) in [5, 5.41) is 10.9. The second-order valence-corrected chi connectivity index (χ2v) is 12.6. The van der Waals surface area contributed by atoms with Crippen LogP contribution in [0.5, 0.6) is 5.75 Å². The summed E-state index contributed by atoms with van der Waals surface area (Å²) >= 11 is 0. The summed E-state index contributed by atoms with van der Waals surface area (Å²) in [6.45, 7) is 9.64. The third-order valence-electron chi connectivity index (χ3n) is 10.0. The van der Waals surface area contributed by atoms with Crippen molar-refractivity contribution >= 4 is 29.1 Å². The quantitative estimate of drug-likeness (QED) is 0.284. The molecule has 3 aromatic rings. The third kappa shape index (κ3) is 5.23. The van der Waals surface area contributed by atoms with Gasteiger partial charge in [-0.15, -0.1) is 13.2 Å². The molecule has 6 atom stereocenters. The van der Waals surface area contributed by atoms with Crippen LogP contribution in [0.3, 0.4) is 0 Å². The van der Waals surface area contributed by atoms with Crippen LogP contribution in [0.15, 0.2) is 110 Å². The van der Waals surface area contributed by atoms with E-state index < -0.39 is 41.7 Å². The molecule has 9 heteroatoms. The monoisotopic (exact) mass is 635 g/mol. The molecule has 2 bridgehead atoms. The number of likely N-dealkylation sites (tertiary alicyclic amines) is 1. The molecular weight excluding hydrogens is 594 g/mol. The fraction of sp³-hybridized carbons (Fsp3) is 0.342. The van der Waals surface area contributed by atoms with Crippen molar-refractivity contribution in [2.75, 3.05) is 36.6 Å². The van der Waals surface area contributed by atoms with Crippen molar-refractivity contribution in [1.82, 2.24) is 4.90 Å². The molecule has 6 rings (SSSR count). The van der Waals surface area contributed by atoms with Crippen LogP contribution in [-0.2, 0) is 19.1 Å². The number of carbonyl (C=O) groups is 3. The van der Waals surface area contributed by atoms with Crippen LogP contribution in [0.25, 0.3) is 0 Å². The van der Waals surface area contributed by atoms with Crippen molar-refractivity contribution < 1.29 is 29.0 Å². The predicted molar refractivity (Wildman–Crippen MR) is 180 cm³/mol. The van der Waals surface area contributed by atoms with Gasteiger partial charge in [-0.25, -0.2) is 0 Å². The van der Waals surface area contributed by atoms with E-state index >= 15 is 4.79 Å². The minimum atomic E-state index is -1.30. The number of para-hydroxylation sites is 1. The van der Waals surface area contributed by atoms with E-state index in [1.54, 1.807) is 53.3 Å². The zero-order valence-corrected chi connectivity index (χ0v) is 26.8. The highest BCUT2D eigenvalue weighted by Crippen LogP contribution is 2.64. The Balaban J connectivity index is 1.49. The maximum absolute atomic E-state index is 15.0. The first-order valence-corrected chi connectivity index (χ1v) is 16.0. The lowest BCUT2D eigenvalue weighted by atomic mass is 9.66. The molecule has 3 aliphatic rings. The molecule has 3 aromatic carbocycles. The van der Waals surface area contributed by atoms with Gasteiger partial charge in [-0.2, -0.15) is 0 Å². The smallest absolute Gasteiger partial charge is 0.253 e. The van der Waals surface area contributed by atoms with E-state index in [1.165, 1.54) is 4.90 Å². The van der Waals surface area contributed by atoms with Gasteiger partial charge >= 0.3 is 0 Å². The summed E-state index contributed by atoms with van der Waals surface area (Å²) in [5.74, 6) is -2.19. The van der Waals surface area contributed by atoms with Gasteiger partial charge in [-0.05, 0) is 61.7 Å². The number of nitrogens with zero attached hydrogens (tertiary/aromatic N) is 3. The van der Waals surface area contributed by atoms with E-state index in [0.717, 1.165) is 0 Å². The van der Waals surface area contributed by atoms with Gasteiger partial charge in [0.2, 0.25) is 11.8 Å². The molecule has 2 unspecified atom stereocenters. The van der Waals surface area contributed by atoms with Crippen molar-refractivity contribution in [2.45, 2.75) is 43.1 Å². The van der Waals surface area contributed by atoms with Gasteiger partial charge in [-0.3, -0.25) is 14.4 Å². The van der Waals surface area contributed by atoms with Crippen molar-refractivity contribution in [1.29, 1.82) is 0 Å². The number of methoxy groups -OCH3 is 1. The number of carbonyl (C=O) groups excluding carboxylic acids is 3. The minimum absolute atomic E-state index is 0.167.